The number of rotatable bonds is 5. The van der Waals surface area contributed by atoms with E-state index in [4.69, 9.17) is 4.42 Å². The summed E-state index contributed by atoms with van der Waals surface area (Å²) in [5.74, 6) is 0.655. The Kier molecular flexibility index (Phi) is 3.92. The Morgan fingerprint density at radius 2 is 2.11 bits per heavy atom. The summed E-state index contributed by atoms with van der Waals surface area (Å²) in [6, 6.07) is 6.02. The van der Waals surface area contributed by atoms with Crippen LogP contribution in [-0.4, -0.2) is 18.2 Å². The molecule has 0 saturated heterocycles. The van der Waals surface area contributed by atoms with Gasteiger partial charge in [-0.25, -0.2) is 4.39 Å². The predicted molar refractivity (Wildman–Crippen MR) is 73.5 cm³/mol. The molecule has 0 aliphatic heterocycles. The van der Waals surface area contributed by atoms with Gasteiger partial charge in [0.15, 0.2) is 0 Å². The van der Waals surface area contributed by atoms with Gasteiger partial charge in [-0.15, -0.1) is 0 Å². The van der Waals surface area contributed by atoms with Crippen molar-refractivity contribution in [2.45, 2.75) is 26.4 Å². The minimum absolute atomic E-state index is 0.308. The fourth-order valence-electron chi connectivity index (χ4n) is 1.97. The van der Waals surface area contributed by atoms with Gasteiger partial charge in [0.05, 0.1) is 0 Å². The summed E-state index contributed by atoms with van der Waals surface area (Å²) in [4.78, 5) is 0. The van der Waals surface area contributed by atoms with Crippen LogP contribution in [0.1, 0.15) is 26.5 Å². The van der Waals surface area contributed by atoms with Crippen molar-refractivity contribution < 1.29 is 13.9 Å². The maximum Gasteiger partial charge on any atom is 0.137 e. The van der Waals surface area contributed by atoms with Gasteiger partial charge >= 0.3 is 0 Å². The first-order valence-corrected chi connectivity index (χ1v) is 6.51. The van der Waals surface area contributed by atoms with E-state index in [2.05, 4.69) is 19.2 Å². The molecule has 3 nitrogen and oxygen atoms in total. The monoisotopic (exact) mass is 265 g/mol. The van der Waals surface area contributed by atoms with Gasteiger partial charge in [-0.1, -0.05) is 13.8 Å². The Balaban J connectivity index is 2.17. The molecule has 1 atom stereocenters. The first-order chi connectivity index (χ1) is 8.88. The zero-order chi connectivity index (χ0) is 14.0. The summed E-state index contributed by atoms with van der Waals surface area (Å²) in [5.41, 5.74) is -0.523. The van der Waals surface area contributed by atoms with Crippen molar-refractivity contribution in [3.8, 4) is 0 Å². The Morgan fingerprint density at radius 1 is 1.37 bits per heavy atom. The first kappa shape index (κ1) is 14.0. The first-order valence-electron chi connectivity index (χ1n) is 6.51. The van der Waals surface area contributed by atoms with Crippen molar-refractivity contribution in [1.82, 2.24) is 5.32 Å². The highest BCUT2D eigenvalue weighted by Crippen LogP contribution is 2.28. The van der Waals surface area contributed by atoms with E-state index in [1.807, 2.05) is 0 Å². The van der Waals surface area contributed by atoms with E-state index >= 15 is 0 Å². The summed E-state index contributed by atoms with van der Waals surface area (Å²) in [6.07, 6.45) is 0. The zero-order valence-electron chi connectivity index (χ0n) is 11.5. The highest BCUT2D eigenvalue weighted by atomic mass is 19.1. The van der Waals surface area contributed by atoms with Gasteiger partial charge in [-0.05, 0) is 43.7 Å². The normalized spacial score (nSPS) is 15.1. The third-order valence-corrected chi connectivity index (χ3v) is 3.03. The van der Waals surface area contributed by atoms with Crippen molar-refractivity contribution in [3.05, 3.63) is 35.8 Å². The molecule has 0 amide bonds. The molecular formula is C15H20FNO2. The Morgan fingerprint density at radius 3 is 2.79 bits per heavy atom. The summed E-state index contributed by atoms with van der Waals surface area (Å²) in [5, 5.41) is 14.3. The Bertz CT molecular complexity index is 560. The van der Waals surface area contributed by atoms with Gasteiger partial charge < -0.3 is 14.8 Å². The molecule has 0 fully saturated rings. The molecule has 2 aromatic rings. The quantitative estimate of drug-likeness (QED) is 0.873. The zero-order valence-corrected chi connectivity index (χ0v) is 11.5. The molecule has 0 spiro atoms. The average Bonchev–Trinajstić information content (AvgIpc) is 2.71. The predicted octanol–water partition coefficient (Wildman–Crippen LogP) is 3.03. The second kappa shape index (κ2) is 5.31. The number of benzene rings is 1. The lowest BCUT2D eigenvalue weighted by Gasteiger charge is -2.21. The lowest BCUT2D eigenvalue weighted by Crippen LogP contribution is -2.36. The molecule has 0 bridgehead atoms. The van der Waals surface area contributed by atoms with Crippen LogP contribution in [0.2, 0.25) is 0 Å². The molecule has 2 N–H and O–H groups in total. The van der Waals surface area contributed by atoms with E-state index in [1.165, 1.54) is 12.1 Å². The summed E-state index contributed by atoms with van der Waals surface area (Å²) in [6.45, 7) is 7.12. The van der Waals surface area contributed by atoms with Crippen LogP contribution >= 0.6 is 0 Å². The number of nitrogens with one attached hydrogen (secondary N) is 1. The van der Waals surface area contributed by atoms with Crippen LogP contribution < -0.4 is 5.32 Å². The average molecular weight is 265 g/mol. The third-order valence-electron chi connectivity index (χ3n) is 3.03. The van der Waals surface area contributed by atoms with Crippen molar-refractivity contribution in [3.63, 3.8) is 0 Å². The fraction of sp³-hybridized carbons (Fsp3) is 0.467. The molecule has 0 saturated carbocycles. The number of hydrogen-bond donors (Lipinski definition) is 2. The van der Waals surface area contributed by atoms with Gasteiger partial charge in [-0.2, -0.15) is 0 Å². The number of hydrogen-bond acceptors (Lipinski definition) is 3. The van der Waals surface area contributed by atoms with Gasteiger partial charge in [-0.3, -0.25) is 0 Å². The molecule has 19 heavy (non-hydrogen) atoms. The van der Waals surface area contributed by atoms with Crippen molar-refractivity contribution >= 4 is 11.0 Å². The number of furan rings is 1. The van der Waals surface area contributed by atoms with Crippen LogP contribution in [0.5, 0.6) is 0 Å². The molecule has 2 rings (SSSR count). The largest absolute Gasteiger partial charge is 0.458 e. The van der Waals surface area contributed by atoms with Crippen LogP contribution in [0.15, 0.2) is 28.7 Å². The van der Waals surface area contributed by atoms with E-state index in [1.54, 1.807) is 19.1 Å². The Labute approximate surface area is 112 Å². The second-order valence-corrected chi connectivity index (χ2v) is 5.59. The summed E-state index contributed by atoms with van der Waals surface area (Å²) in [7, 11) is 0. The minimum atomic E-state index is -1.11. The van der Waals surface area contributed by atoms with Crippen molar-refractivity contribution in [1.29, 1.82) is 0 Å². The SMILES string of the molecule is CC(C)CNCC(C)(O)c1cc2cc(F)ccc2o1. The highest BCUT2D eigenvalue weighted by Gasteiger charge is 2.27. The van der Waals surface area contributed by atoms with Crippen molar-refractivity contribution in [2.75, 3.05) is 13.1 Å². The van der Waals surface area contributed by atoms with E-state index in [-0.39, 0.29) is 5.82 Å². The molecule has 1 unspecified atom stereocenters. The number of aliphatic hydroxyl groups is 1. The lowest BCUT2D eigenvalue weighted by molar-refractivity contribution is 0.0354. The van der Waals surface area contributed by atoms with E-state index in [0.29, 0.717) is 29.2 Å². The second-order valence-electron chi connectivity index (χ2n) is 5.59. The summed E-state index contributed by atoms with van der Waals surface area (Å²) < 4.78 is 18.7. The number of halogens is 1. The van der Waals surface area contributed by atoms with Crippen LogP contribution in [0.25, 0.3) is 11.0 Å². The molecular weight excluding hydrogens is 245 g/mol. The van der Waals surface area contributed by atoms with Gasteiger partial charge in [0.1, 0.15) is 22.8 Å². The van der Waals surface area contributed by atoms with Crippen LogP contribution in [0.3, 0.4) is 0 Å². The fourth-order valence-corrected chi connectivity index (χ4v) is 1.97. The Hall–Kier alpha value is -1.39. The number of fused-ring (bicyclic) bond motifs is 1. The van der Waals surface area contributed by atoms with Crippen molar-refractivity contribution in [2.24, 2.45) is 5.92 Å². The molecule has 0 radical (unpaired) electrons. The van der Waals surface area contributed by atoms with Crippen LogP contribution in [-0.2, 0) is 5.60 Å². The van der Waals surface area contributed by atoms with E-state index in [9.17, 15) is 9.50 Å². The van der Waals surface area contributed by atoms with Crippen LogP contribution in [0.4, 0.5) is 4.39 Å². The third kappa shape index (κ3) is 3.33. The molecule has 0 aliphatic carbocycles. The topological polar surface area (TPSA) is 45.4 Å². The van der Waals surface area contributed by atoms with Gasteiger partial charge in [0.2, 0.25) is 0 Å². The highest BCUT2D eigenvalue weighted by molar-refractivity contribution is 5.78. The van der Waals surface area contributed by atoms with E-state index in [0.717, 1.165) is 6.54 Å². The van der Waals surface area contributed by atoms with Gasteiger partial charge in [0, 0.05) is 11.9 Å². The van der Waals surface area contributed by atoms with Gasteiger partial charge in [0.25, 0.3) is 0 Å². The van der Waals surface area contributed by atoms with E-state index < -0.39 is 5.60 Å². The molecule has 1 aromatic heterocycles. The minimum Gasteiger partial charge on any atom is -0.458 e. The smallest absolute Gasteiger partial charge is 0.137 e. The summed E-state index contributed by atoms with van der Waals surface area (Å²) >= 11 is 0. The lowest BCUT2D eigenvalue weighted by atomic mass is 10.0. The molecule has 1 aromatic carbocycles. The molecule has 1 heterocycles. The maximum absolute atomic E-state index is 13.1. The van der Waals surface area contributed by atoms with Crippen LogP contribution in [0, 0.1) is 11.7 Å². The maximum atomic E-state index is 13.1. The molecule has 104 valence electrons. The standard InChI is InChI=1S/C15H20FNO2/c1-10(2)8-17-9-15(3,18)14-7-11-6-12(16)4-5-13(11)19-14/h4-7,10,17-18H,8-9H2,1-3H3. The molecule has 0 aliphatic rings. The molecule has 4 heteroatoms.